The van der Waals surface area contributed by atoms with Crippen LogP contribution >= 0.6 is 0 Å². The Labute approximate surface area is 140 Å². The zero-order valence-electron chi connectivity index (χ0n) is 13.5. The molecule has 0 aliphatic carbocycles. The molecule has 1 aliphatic rings. The van der Waals surface area contributed by atoms with Gasteiger partial charge in [0.25, 0.3) is 5.91 Å². The summed E-state index contributed by atoms with van der Waals surface area (Å²) in [5.74, 6) is -0.284. The van der Waals surface area contributed by atoms with E-state index in [0.29, 0.717) is 30.2 Å². The average molecular weight is 325 g/mol. The number of hydrogen-bond acceptors (Lipinski definition) is 5. The number of nitrogens with zero attached hydrogens (tertiary/aromatic N) is 2. The van der Waals surface area contributed by atoms with Crippen molar-refractivity contribution in [2.75, 3.05) is 36.5 Å². The number of Topliss-reactive ketones (excluding diaryl/α,β-unsaturated/α-hetero) is 1. The lowest BCUT2D eigenvalue weighted by Crippen LogP contribution is -2.36. The first-order valence-electron chi connectivity index (χ1n) is 7.84. The van der Waals surface area contributed by atoms with E-state index in [-0.39, 0.29) is 11.7 Å². The highest BCUT2D eigenvalue weighted by atomic mass is 16.5. The highest BCUT2D eigenvalue weighted by Gasteiger charge is 2.14. The third-order valence-corrected chi connectivity index (χ3v) is 3.90. The van der Waals surface area contributed by atoms with Crippen LogP contribution in [0.25, 0.3) is 0 Å². The van der Waals surface area contributed by atoms with Crippen LogP contribution in [-0.4, -0.2) is 43.0 Å². The predicted octanol–water partition coefficient (Wildman–Crippen LogP) is 2.37. The van der Waals surface area contributed by atoms with Crippen LogP contribution < -0.4 is 10.2 Å². The number of hydrogen-bond donors (Lipinski definition) is 1. The number of amides is 1. The van der Waals surface area contributed by atoms with Gasteiger partial charge in [0.15, 0.2) is 5.78 Å². The van der Waals surface area contributed by atoms with Gasteiger partial charge in [0.2, 0.25) is 0 Å². The topological polar surface area (TPSA) is 71.5 Å². The minimum atomic E-state index is -0.277. The Morgan fingerprint density at radius 2 is 1.83 bits per heavy atom. The van der Waals surface area contributed by atoms with Crippen molar-refractivity contribution in [2.45, 2.75) is 6.92 Å². The fourth-order valence-corrected chi connectivity index (χ4v) is 2.55. The summed E-state index contributed by atoms with van der Waals surface area (Å²) >= 11 is 0. The number of ketones is 1. The molecule has 6 heteroatoms. The molecular weight excluding hydrogens is 306 g/mol. The molecule has 1 aliphatic heterocycles. The molecule has 0 radical (unpaired) electrons. The normalized spacial score (nSPS) is 14.3. The second-order valence-corrected chi connectivity index (χ2v) is 5.59. The van der Waals surface area contributed by atoms with Crippen molar-refractivity contribution >= 4 is 23.1 Å². The molecule has 0 bridgehead atoms. The Kier molecular flexibility index (Phi) is 4.86. The average Bonchev–Trinajstić information content (AvgIpc) is 2.63. The Bertz CT molecular complexity index is 737. The van der Waals surface area contributed by atoms with E-state index in [0.717, 1.165) is 18.8 Å². The summed E-state index contributed by atoms with van der Waals surface area (Å²) in [6.07, 6.45) is 1.64. The first kappa shape index (κ1) is 16.1. The largest absolute Gasteiger partial charge is 0.378 e. The van der Waals surface area contributed by atoms with Crippen LogP contribution in [0.4, 0.5) is 11.4 Å². The second-order valence-electron chi connectivity index (χ2n) is 5.59. The van der Waals surface area contributed by atoms with Crippen LogP contribution in [0.15, 0.2) is 42.6 Å². The van der Waals surface area contributed by atoms with Crippen LogP contribution in [0.3, 0.4) is 0 Å². The fourth-order valence-electron chi connectivity index (χ4n) is 2.55. The number of carbonyl (C=O) groups excluding carboxylic acids is 2. The molecule has 0 unspecified atom stereocenters. The second kappa shape index (κ2) is 7.23. The smallest absolute Gasteiger partial charge is 0.274 e. The lowest BCUT2D eigenvalue weighted by molar-refractivity contribution is 0.101. The number of nitrogens with one attached hydrogen (secondary N) is 1. The Morgan fingerprint density at radius 3 is 2.50 bits per heavy atom. The van der Waals surface area contributed by atoms with Crippen molar-refractivity contribution in [3.63, 3.8) is 0 Å². The number of benzene rings is 1. The van der Waals surface area contributed by atoms with Crippen molar-refractivity contribution < 1.29 is 14.3 Å². The van der Waals surface area contributed by atoms with Gasteiger partial charge in [0.05, 0.1) is 13.2 Å². The molecule has 1 amide bonds. The van der Waals surface area contributed by atoms with Gasteiger partial charge in [0, 0.05) is 36.2 Å². The monoisotopic (exact) mass is 325 g/mol. The molecule has 2 heterocycles. The van der Waals surface area contributed by atoms with Crippen LogP contribution in [0, 0.1) is 0 Å². The van der Waals surface area contributed by atoms with Gasteiger partial charge in [-0.05, 0) is 43.3 Å². The molecule has 0 saturated carbocycles. The number of morpholine rings is 1. The van der Waals surface area contributed by atoms with Gasteiger partial charge in [-0.15, -0.1) is 0 Å². The Balaban J connectivity index is 1.71. The van der Waals surface area contributed by atoms with E-state index in [2.05, 4.69) is 15.2 Å². The number of carbonyl (C=O) groups is 2. The first-order chi connectivity index (χ1) is 11.6. The van der Waals surface area contributed by atoms with E-state index in [1.54, 1.807) is 36.5 Å². The molecule has 0 spiro atoms. The van der Waals surface area contributed by atoms with E-state index in [9.17, 15) is 9.59 Å². The SMILES string of the molecule is CC(=O)c1ccc(NC(=O)c2cc(N3CCOCC3)ccn2)cc1. The Morgan fingerprint density at radius 1 is 1.12 bits per heavy atom. The lowest BCUT2D eigenvalue weighted by Gasteiger charge is -2.28. The van der Waals surface area contributed by atoms with Crippen LogP contribution in [-0.2, 0) is 4.74 Å². The maximum absolute atomic E-state index is 12.4. The summed E-state index contributed by atoms with van der Waals surface area (Å²) in [7, 11) is 0. The maximum atomic E-state index is 12.4. The van der Waals surface area contributed by atoms with E-state index in [1.807, 2.05) is 6.07 Å². The quantitative estimate of drug-likeness (QED) is 0.874. The summed E-state index contributed by atoms with van der Waals surface area (Å²) in [6.45, 7) is 4.49. The molecule has 6 nitrogen and oxygen atoms in total. The van der Waals surface area contributed by atoms with Gasteiger partial charge in [0.1, 0.15) is 5.69 Å². The van der Waals surface area contributed by atoms with E-state index >= 15 is 0 Å². The van der Waals surface area contributed by atoms with Gasteiger partial charge in [-0.3, -0.25) is 14.6 Å². The molecule has 0 atom stereocenters. The molecule has 124 valence electrons. The summed E-state index contributed by atoms with van der Waals surface area (Å²) in [6, 6.07) is 10.5. The van der Waals surface area contributed by atoms with Crippen molar-refractivity contribution in [3.8, 4) is 0 Å². The third kappa shape index (κ3) is 3.78. The van der Waals surface area contributed by atoms with Gasteiger partial charge in [-0.2, -0.15) is 0 Å². The number of pyridine rings is 1. The summed E-state index contributed by atoms with van der Waals surface area (Å²) < 4.78 is 5.34. The van der Waals surface area contributed by atoms with Gasteiger partial charge < -0.3 is 15.0 Å². The standard InChI is InChI=1S/C18H19N3O3/c1-13(22)14-2-4-15(5-3-14)20-18(23)17-12-16(6-7-19-17)21-8-10-24-11-9-21/h2-7,12H,8-11H2,1H3,(H,20,23). The van der Waals surface area contributed by atoms with Crippen LogP contribution in [0.2, 0.25) is 0 Å². The molecular formula is C18H19N3O3. The minimum absolute atomic E-state index is 0.00671. The van der Waals surface area contributed by atoms with Gasteiger partial charge in [-0.1, -0.05) is 0 Å². The van der Waals surface area contributed by atoms with Crippen LogP contribution in [0.1, 0.15) is 27.8 Å². The summed E-state index contributed by atoms with van der Waals surface area (Å²) in [5, 5.41) is 2.80. The van der Waals surface area contributed by atoms with Crippen molar-refractivity contribution in [2.24, 2.45) is 0 Å². The minimum Gasteiger partial charge on any atom is -0.378 e. The highest BCUT2D eigenvalue weighted by Crippen LogP contribution is 2.17. The van der Waals surface area contributed by atoms with E-state index in [1.165, 1.54) is 6.92 Å². The van der Waals surface area contributed by atoms with Crippen molar-refractivity contribution in [1.82, 2.24) is 4.98 Å². The van der Waals surface area contributed by atoms with E-state index < -0.39 is 0 Å². The predicted molar refractivity (Wildman–Crippen MR) is 91.7 cm³/mol. The zero-order valence-corrected chi connectivity index (χ0v) is 13.5. The number of anilines is 2. The van der Waals surface area contributed by atoms with Crippen LogP contribution in [0.5, 0.6) is 0 Å². The molecule has 1 aromatic heterocycles. The number of aromatic nitrogens is 1. The van der Waals surface area contributed by atoms with E-state index in [4.69, 9.17) is 4.74 Å². The van der Waals surface area contributed by atoms with Crippen molar-refractivity contribution in [1.29, 1.82) is 0 Å². The first-order valence-corrected chi connectivity index (χ1v) is 7.84. The summed E-state index contributed by atoms with van der Waals surface area (Å²) in [4.78, 5) is 30.0. The summed E-state index contributed by atoms with van der Waals surface area (Å²) in [5.41, 5.74) is 2.56. The molecule has 3 rings (SSSR count). The highest BCUT2D eigenvalue weighted by molar-refractivity contribution is 6.03. The molecule has 1 aromatic carbocycles. The third-order valence-electron chi connectivity index (χ3n) is 3.90. The molecule has 24 heavy (non-hydrogen) atoms. The molecule has 2 aromatic rings. The van der Waals surface area contributed by atoms with Gasteiger partial charge >= 0.3 is 0 Å². The van der Waals surface area contributed by atoms with Gasteiger partial charge in [-0.25, -0.2) is 0 Å². The molecule has 1 fully saturated rings. The maximum Gasteiger partial charge on any atom is 0.274 e. The lowest BCUT2D eigenvalue weighted by atomic mass is 10.1. The number of rotatable bonds is 4. The zero-order chi connectivity index (χ0) is 16.9. The Hall–Kier alpha value is -2.73. The molecule has 1 N–H and O–H groups in total. The fraction of sp³-hybridized carbons (Fsp3) is 0.278. The number of ether oxygens (including phenoxy) is 1. The molecule has 1 saturated heterocycles. The van der Waals surface area contributed by atoms with Crippen molar-refractivity contribution in [3.05, 3.63) is 53.9 Å².